The highest BCUT2D eigenvalue weighted by atomic mass is 19.4. The van der Waals surface area contributed by atoms with Crippen molar-refractivity contribution in [2.24, 2.45) is 5.73 Å². The second-order valence-corrected chi connectivity index (χ2v) is 6.72. The maximum Gasteiger partial charge on any atom is 0.573 e. The second kappa shape index (κ2) is 8.02. The molecule has 0 radical (unpaired) electrons. The highest BCUT2D eigenvalue weighted by molar-refractivity contribution is 5.92. The molecular formula is C21H21F5N2O. The van der Waals surface area contributed by atoms with Gasteiger partial charge in [-0.25, -0.2) is 8.78 Å². The molecule has 3 N–H and O–H groups in total. The van der Waals surface area contributed by atoms with Crippen LogP contribution in [0.2, 0.25) is 0 Å². The van der Waals surface area contributed by atoms with Crippen molar-refractivity contribution in [2.75, 3.05) is 0 Å². The molecule has 0 atom stereocenters. The molecule has 1 aliphatic carbocycles. The van der Waals surface area contributed by atoms with Crippen molar-refractivity contribution < 1.29 is 26.7 Å². The van der Waals surface area contributed by atoms with Crippen molar-refractivity contribution in [3.8, 4) is 17.0 Å². The third kappa shape index (κ3) is 4.37. The van der Waals surface area contributed by atoms with Crippen molar-refractivity contribution in [3.05, 3.63) is 53.6 Å². The van der Waals surface area contributed by atoms with Crippen molar-refractivity contribution in [3.63, 3.8) is 0 Å². The summed E-state index contributed by atoms with van der Waals surface area (Å²) in [4.78, 5) is 2.96. The molecule has 1 fully saturated rings. The van der Waals surface area contributed by atoms with Crippen molar-refractivity contribution >= 4 is 10.9 Å². The molecule has 2 aromatic carbocycles. The fourth-order valence-electron chi connectivity index (χ4n) is 3.61. The van der Waals surface area contributed by atoms with E-state index < -0.39 is 18.0 Å². The van der Waals surface area contributed by atoms with E-state index in [1.807, 2.05) is 13.8 Å². The fraction of sp³-hybridized carbons (Fsp3) is 0.333. The predicted molar refractivity (Wildman–Crippen MR) is 102 cm³/mol. The van der Waals surface area contributed by atoms with Crippen LogP contribution >= 0.6 is 0 Å². The van der Waals surface area contributed by atoms with Gasteiger partial charge in [0.25, 0.3) is 0 Å². The molecule has 0 spiro atoms. The van der Waals surface area contributed by atoms with E-state index in [0.29, 0.717) is 29.5 Å². The first-order valence-electron chi connectivity index (χ1n) is 9.33. The van der Waals surface area contributed by atoms with E-state index in [-0.39, 0.29) is 23.2 Å². The molecule has 0 saturated heterocycles. The van der Waals surface area contributed by atoms with Crippen molar-refractivity contribution in [1.29, 1.82) is 0 Å². The van der Waals surface area contributed by atoms with Gasteiger partial charge in [0, 0.05) is 17.5 Å². The first kappa shape index (κ1) is 21.1. The number of benzene rings is 2. The van der Waals surface area contributed by atoms with Crippen LogP contribution in [0.1, 0.15) is 38.2 Å². The van der Waals surface area contributed by atoms with Crippen LogP contribution < -0.4 is 10.5 Å². The molecular weight excluding hydrogens is 391 g/mol. The van der Waals surface area contributed by atoms with Gasteiger partial charge in [0.2, 0.25) is 0 Å². The molecule has 3 aromatic rings. The Morgan fingerprint density at radius 3 is 2.21 bits per heavy atom. The van der Waals surface area contributed by atoms with Crippen LogP contribution in [0.25, 0.3) is 22.2 Å². The van der Waals surface area contributed by atoms with Crippen LogP contribution in [-0.4, -0.2) is 17.4 Å². The minimum absolute atomic E-state index is 0.0220. The maximum atomic E-state index is 14.2. The number of aromatic nitrogens is 1. The monoisotopic (exact) mass is 412 g/mol. The van der Waals surface area contributed by atoms with E-state index in [2.05, 4.69) is 9.72 Å². The van der Waals surface area contributed by atoms with Gasteiger partial charge in [-0.05, 0) is 60.2 Å². The number of hydrogen-bond donors (Lipinski definition) is 2. The Labute approximate surface area is 164 Å². The highest BCUT2D eigenvalue weighted by Crippen LogP contribution is 2.45. The van der Waals surface area contributed by atoms with Gasteiger partial charge in [-0.2, -0.15) is 0 Å². The van der Waals surface area contributed by atoms with Crippen LogP contribution in [-0.2, 0) is 0 Å². The van der Waals surface area contributed by atoms with Gasteiger partial charge in [-0.1, -0.05) is 13.8 Å². The third-order valence-electron chi connectivity index (χ3n) is 4.82. The van der Waals surface area contributed by atoms with E-state index in [1.54, 1.807) is 0 Å². The lowest BCUT2D eigenvalue weighted by Gasteiger charge is -2.33. The molecule has 1 saturated carbocycles. The van der Waals surface area contributed by atoms with Gasteiger partial charge in [-0.15, -0.1) is 13.2 Å². The lowest BCUT2D eigenvalue weighted by molar-refractivity contribution is -0.274. The lowest BCUT2D eigenvalue weighted by atomic mass is 9.75. The molecule has 1 aromatic heterocycles. The van der Waals surface area contributed by atoms with E-state index in [4.69, 9.17) is 5.73 Å². The Morgan fingerprint density at radius 2 is 1.66 bits per heavy atom. The van der Waals surface area contributed by atoms with E-state index in [0.717, 1.165) is 11.6 Å². The molecule has 0 amide bonds. The molecule has 0 bridgehead atoms. The minimum Gasteiger partial charge on any atom is -0.406 e. The summed E-state index contributed by atoms with van der Waals surface area (Å²) in [5.41, 5.74) is 7.86. The summed E-state index contributed by atoms with van der Waals surface area (Å²) in [5, 5.41) is 0.426. The number of ether oxygens (including phenoxy) is 1. The van der Waals surface area contributed by atoms with Gasteiger partial charge in [0.05, 0.1) is 11.2 Å². The summed E-state index contributed by atoms with van der Waals surface area (Å²) >= 11 is 0. The smallest absolute Gasteiger partial charge is 0.406 e. The quantitative estimate of drug-likeness (QED) is 0.500. The van der Waals surface area contributed by atoms with Crippen LogP contribution in [0.3, 0.4) is 0 Å². The van der Waals surface area contributed by atoms with E-state index >= 15 is 0 Å². The number of aromatic amines is 1. The normalized spacial score (nSPS) is 18.8. The Bertz CT molecular complexity index is 989. The molecule has 0 unspecified atom stereocenters. The van der Waals surface area contributed by atoms with Gasteiger partial charge in [0.15, 0.2) is 0 Å². The predicted octanol–water partition coefficient (Wildman–Crippen LogP) is 6.24. The first-order valence-corrected chi connectivity index (χ1v) is 9.33. The Kier molecular flexibility index (Phi) is 5.84. The number of nitrogens with one attached hydrogen (secondary N) is 1. The summed E-state index contributed by atoms with van der Waals surface area (Å²) in [6.07, 6.45) is -3.43. The summed E-state index contributed by atoms with van der Waals surface area (Å²) < 4.78 is 68.8. The van der Waals surface area contributed by atoms with E-state index in [1.165, 1.54) is 30.3 Å². The molecule has 1 heterocycles. The summed E-state index contributed by atoms with van der Waals surface area (Å²) in [6.45, 7) is 4.00. The Balaban J connectivity index is 0.00000117. The number of hydrogen-bond acceptors (Lipinski definition) is 2. The minimum atomic E-state index is -4.78. The molecule has 3 nitrogen and oxygen atoms in total. The maximum absolute atomic E-state index is 14.2. The number of H-pyrrole nitrogens is 1. The number of nitrogens with two attached hydrogens (primary N) is 1. The first-order chi connectivity index (χ1) is 13.7. The van der Waals surface area contributed by atoms with Crippen LogP contribution in [0.15, 0.2) is 36.4 Å². The molecule has 29 heavy (non-hydrogen) atoms. The second-order valence-electron chi connectivity index (χ2n) is 6.72. The number of halogens is 5. The summed E-state index contributed by atoms with van der Waals surface area (Å²) in [6, 6.07) is 7.33. The molecule has 8 heteroatoms. The van der Waals surface area contributed by atoms with Crippen LogP contribution in [0.5, 0.6) is 5.75 Å². The van der Waals surface area contributed by atoms with Gasteiger partial charge in [-0.3, -0.25) is 0 Å². The molecule has 1 aliphatic rings. The SMILES string of the molecule is CC.NC1CC(c2c(-c3ccc(OC(F)(F)F)cc3)[nH]c3c(F)cc(F)cc23)C1. The zero-order valence-corrected chi connectivity index (χ0v) is 15.9. The lowest BCUT2D eigenvalue weighted by Crippen LogP contribution is -2.34. The van der Waals surface area contributed by atoms with Crippen LogP contribution in [0, 0.1) is 11.6 Å². The number of rotatable bonds is 3. The number of fused-ring (bicyclic) bond motifs is 1. The standard InChI is InChI=1S/C19H15F5N2O.C2H6/c20-11-7-14-16(10-5-12(25)6-10)17(26-18(14)15(21)8-11)9-1-3-13(4-2-9)27-19(22,23)24;1-2/h1-4,7-8,10,12,26H,5-6,25H2;1-2H3. The Morgan fingerprint density at radius 1 is 1.03 bits per heavy atom. The van der Waals surface area contributed by atoms with Crippen LogP contribution in [0.4, 0.5) is 22.0 Å². The Hall–Kier alpha value is -2.61. The van der Waals surface area contributed by atoms with E-state index in [9.17, 15) is 22.0 Å². The summed E-state index contributed by atoms with van der Waals surface area (Å²) in [5.74, 6) is -1.75. The average molecular weight is 412 g/mol. The van der Waals surface area contributed by atoms with Gasteiger partial charge < -0.3 is 15.5 Å². The van der Waals surface area contributed by atoms with Gasteiger partial charge >= 0.3 is 6.36 Å². The number of alkyl halides is 3. The third-order valence-corrected chi connectivity index (χ3v) is 4.82. The molecule has 156 valence electrons. The highest BCUT2D eigenvalue weighted by Gasteiger charge is 2.33. The molecule has 0 aliphatic heterocycles. The molecule has 4 rings (SSSR count). The van der Waals surface area contributed by atoms with Gasteiger partial charge in [0.1, 0.15) is 17.4 Å². The van der Waals surface area contributed by atoms with Crippen molar-refractivity contribution in [1.82, 2.24) is 4.98 Å². The average Bonchev–Trinajstić information content (AvgIpc) is 2.99. The topological polar surface area (TPSA) is 51.0 Å². The zero-order chi connectivity index (χ0) is 21.3. The largest absolute Gasteiger partial charge is 0.573 e. The van der Waals surface area contributed by atoms with Crippen molar-refractivity contribution in [2.45, 2.75) is 45.0 Å². The fourth-order valence-corrected chi connectivity index (χ4v) is 3.61. The zero-order valence-electron chi connectivity index (χ0n) is 15.9. The summed E-state index contributed by atoms with van der Waals surface area (Å²) in [7, 11) is 0.